The maximum absolute atomic E-state index is 14.1. The molecule has 0 amide bonds. The molecule has 0 saturated carbocycles. The highest BCUT2D eigenvalue weighted by Gasteiger charge is 2.33. The Labute approximate surface area is 139 Å². The highest BCUT2D eigenvalue weighted by atomic mass is 32.1. The smallest absolute Gasteiger partial charge is 0.282 e. The van der Waals surface area contributed by atoms with E-state index >= 15 is 0 Å². The van der Waals surface area contributed by atoms with Gasteiger partial charge in [0.05, 0.1) is 10.7 Å². The van der Waals surface area contributed by atoms with Crippen molar-refractivity contribution < 1.29 is 13.7 Å². The molecule has 0 aliphatic carbocycles. The van der Waals surface area contributed by atoms with Crippen molar-refractivity contribution in [1.29, 1.82) is 0 Å². The Kier molecular flexibility index (Phi) is 5.94. The quantitative estimate of drug-likeness (QED) is 0.489. The number of piperazine rings is 1. The molecule has 1 aliphatic rings. The molecule has 0 aromatic heterocycles. The van der Waals surface area contributed by atoms with E-state index in [0.29, 0.717) is 18.5 Å². The molecule has 1 aliphatic heterocycles. The lowest BCUT2D eigenvalue weighted by molar-refractivity contribution is -0.385. The van der Waals surface area contributed by atoms with Crippen LogP contribution in [-0.2, 0) is 12.3 Å². The molecule has 8 heteroatoms. The molecule has 0 N–H and O–H groups in total. The van der Waals surface area contributed by atoms with Crippen molar-refractivity contribution in [2.75, 3.05) is 45.5 Å². The fourth-order valence-electron chi connectivity index (χ4n) is 2.67. The molecule has 0 spiro atoms. The first kappa shape index (κ1) is 18.1. The van der Waals surface area contributed by atoms with E-state index in [9.17, 15) is 18.9 Å². The fourth-order valence-corrected chi connectivity index (χ4v) is 2.84. The summed E-state index contributed by atoms with van der Waals surface area (Å²) in [5.41, 5.74) is -0.144. The lowest BCUT2D eigenvalue weighted by Crippen LogP contribution is -2.45. The number of nitro benzene ring substituents is 1. The van der Waals surface area contributed by atoms with Crippen LogP contribution in [0.3, 0.4) is 0 Å². The molecule has 128 valence electrons. The Hall–Kier alpha value is -1.25. The first-order valence-corrected chi connectivity index (χ1v) is 8.14. The summed E-state index contributed by atoms with van der Waals surface area (Å²) in [6.07, 6.45) is 0.445. The number of hydrogen-bond acceptors (Lipinski definition) is 5. The summed E-state index contributed by atoms with van der Waals surface area (Å²) in [5, 5.41) is 10.8. The van der Waals surface area contributed by atoms with Gasteiger partial charge in [0.25, 0.3) is 11.6 Å². The van der Waals surface area contributed by atoms with Crippen molar-refractivity contribution in [1.82, 2.24) is 9.80 Å². The van der Waals surface area contributed by atoms with Crippen LogP contribution >= 0.6 is 12.6 Å². The molecule has 1 aromatic rings. The third-order valence-corrected chi connectivity index (χ3v) is 4.59. The number of nitrogens with zero attached hydrogens (tertiary/aromatic N) is 3. The van der Waals surface area contributed by atoms with Crippen LogP contribution in [0.15, 0.2) is 18.2 Å². The SMILES string of the molecule is CN1CCN(CCc2ccc([N+](=O)[O-])cc2C(F)(F)CS)CC1. The molecule has 1 aromatic carbocycles. The third-order valence-electron chi connectivity index (χ3n) is 4.19. The second-order valence-corrected chi connectivity index (χ2v) is 6.17. The van der Waals surface area contributed by atoms with E-state index in [-0.39, 0.29) is 11.3 Å². The minimum absolute atomic E-state index is 0.282. The van der Waals surface area contributed by atoms with Crippen molar-refractivity contribution in [3.05, 3.63) is 39.4 Å². The molecule has 1 saturated heterocycles. The van der Waals surface area contributed by atoms with Crippen LogP contribution in [0.4, 0.5) is 14.5 Å². The second-order valence-electron chi connectivity index (χ2n) is 5.86. The van der Waals surface area contributed by atoms with Crippen LogP contribution in [0, 0.1) is 10.1 Å². The normalized spacial score (nSPS) is 17.4. The highest BCUT2D eigenvalue weighted by Crippen LogP contribution is 2.34. The summed E-state index contributed by atoms with van der Waals surface area (Å²) in [6.45, 7) is 4.39. The van der Waals surface area contributed by atoms with Crippen molar-refractivity contribution in [2.45, 2.75) is 12.3 Å². The fraction of sp³-hybridized carbons (Fsp3) is 0.600. The zero-order valence-corrected chi connectivity index (χ0v) is 13.9. The minimum atomic E-state index is -3.17. The Morgan fingerprint density at radius 1 is 1.30 bits per heavy atom. The van der Waals surface area contributed by atoms with Gasteiger partial charge in [-0.05, 0) is 19.0 Å². The maximum Gasteiger partial charge on any atom is 0.282 e. The van der Waals surface area contributed by atoms with Crippen LogP contribution in [0.1, 0.15) is 11.1 Å². The topological polar surface area (TPSA) is 49.6 Å². The summed E-state index contributed by atoms with van der Waals surface area (Å²) in [4.78, 5) is 14.6. The van der Waals surface area contributed by atoms with E-state index in [1.165, 1.54) is 12.1 Å². The second kappa shape index (κ2) is 7.55. The molecular formula is C15H21F2N3O2S. The van der Waals surface area contributed by atoms with Crippen molar-refractivity contribution in [3.8, 4) is 0 Å². The first-order valence-electron chi connectivity index (χ1n) is 7.51. The van der Waals surface area contributed by atoms with Gasteiger partial charge in [0.1, 0.15) is 0 Å². The monoisotopic (exact) mass is 345 g/mol. The van der Waals surface area contributed by atoms with Gasteiger partial charge in [-0.15, -0.1) is 0 Å². The number of hydrogen-bond donors (Lipinski definition) is 1. The molecule has 2 rings (SSSR count). The molecule has 0 bridgehead atoms. The third kappa shape index (κ3) is 4.62. The van der Waals surface area contributed by atoms with Gasteiger partial charge in [-0.25, -0.2) is 8.78 Å². The van der Waals surface area contributed by atoms with Crippen LogP contribution < -0.4 is 0 Å². The lowest BCUT2D eigenvalue weighted by atomic mass is 9.98. The van der Waals surface area contributed by atoms with Gasteiger partial charge in [0, 0.05) is 50.4 Å². The van der Waals surface area contributed by atoms with Crippen molar-refractivity contribution >= 4 is 18.3 Å². The van der Waals surface area contributed by atoms with Crippen LogP contribution in [0.25, 0.3) is 0 Å². The molecule has 1 fully saturated rings. The predicted octanol–water partition coefficient (Wildman–Crippen LogP) is 2.41. The molecule has 0 atom stereocenters. The Morgan fingerprint density at radius 2 is 1.96 bits per heavy atom. The van der Waals surface area contributed by atoms with Gasteiger partial charge in [-0.1, -0.05) is 6.07 Å². The van der Waals surface area contributed by atoms with Crippen LogP contribution in [0.5, 0.6) is 0 Å². The summed E-state index contributed by atoms with van der Waals surface area (Å²) >= 11 is 3.69. The van der Waals surface area contributed by atoms with E-state index in [2.05, 4.69) is 29.5 Å². The van der Waals surface area contributed by atoms with Crippen LogP contribution in [-0.4, -0.2) is 60.2 Å². The molecule has 0 radical (unpaired) electrons. The van der Waals surface area contributed by atoms with Gasteiger partial charge >= 0.3 is 0 Å². The summed E-state index contributed by atoms with van der Waals surface area (Å²) in [7, 11) is 2.05. The Balaban J connectivity index is 2.15. The maximum atomic E-state index is 14.1. The summed E-state index contributed by atoms with van der Waals surface area (Å²) in [6, 6.07) is 3.72. The number of thiol groups is 1. The summed E-state index contributed by atoms with van der Waals surface area (Å²) in [5.74, 6) is -3.84. The van der Waals surface area contributed by atoms with Gasteiger partial charge in [-0.3, -0.25) is 10.1 Å². The van der Waals surface area contributed by atoms with E-state index in [4.69, 9.17) is 0 Å². The van der Waals surface area contributed by atoms with E-state index in [1.807, 2.05) is 0 Å². The molecule has 23 heavy (non-hydrogen) atoms. The standard InChI is InChI=1S/C15H21F2N3O2S/c1-18-6-8-19(9-7-18)5-4-12-2-3-13(20(21)22)10-14(12)15(16,17)11-23/h2-3,10,23H,4-9,11H2,1H3. The Morgan fingerprint density at radius 3 is 2.52 bits per heavy atom. The number of non-ortho nitro benzene ring substituents is 1. The number of likely N-dealkylation sites (N-methyl/N-ethyl adjacent to an activating group) is 1. The number of alkyl halides is 2. The van der Waals surface area contributed by atoms with Gasteiger partial charge in [-0.2, -0.15) is 12.6 Å². The van der Waals surface area contributed by atoms with E-state index < -0.39 is 16.6 Å². The molecule has 1 heterocycles. The first-order chi connectivity index (χ1) is 10.8. The minimum Gasteiger partial charge on any atom is -0.304 e. The largest absolute Gasteiger partial charge is 0.304 e. The summed E-state index contributed by atoms with van der Waals surface area (Å²) < 4.78 is 28.2. The van der Waals surface area contributed by atoms with Crippen molar-refractivity contribution in [2.24, 2.45) is 0 Å². The van der Waals surface area contributed by atoms with Crippen molar-refractivity contribution in [3.63, 3.8) is 0 Å². The van der Waals surface area contributed by atoms with E-state index in [0.717, 1.165) is 32.2 Å². The zero-order chi connectivity index (χ0) is 17.0. The molecular weight excluding hydrogens is 324 g/mol. The van der Waals surface area contributed by atoms with Gasteiger partial charge in [0.15, 0.2) is 0 Å². The Bertz CT molecular complexity index is 564. The van der Waals surface area contributed by atoms with Gasteiger partial charge in [0.2, 0.25) is 0 Å². The number of benzene rings is 1. The van der Waals surface area contributed by atoms with Gasteiger partial charge < -0.3 is 9.80 Å². The molecule has 0 unspecified atom stereocenters. The number of nitro groups is 1. The number of halogens is 2. The average Bonchev–Trinajstić information content (AvgIpc) is 2.54. The zero-order valence-electron chi connectivity index (χ0n) is 13.0. The van der Waals surface area contributed by atoms with E-state index in [1.54, 1.807) is 0 Å². The van der Waals surface area contributed by atoms with Crippen LogP contribution in [0.2, 0.25) is 0 Å². The lowest BCUT2D eigenvalue weighted by Gasteiger charge is -2.32. The number of rotatable bonds is 6. The molecule has 5 nitrogen and oxygen atoms in total. The average molecular weight is 345 g/mol. The highest BCUT2D eigenvalue weighted by molar-refractivity contribution is 7.80. The predicted molar refractivity (Wildman–Crippen MR) is 88.5 cm³/mol.